The first-order valence-corrected chi connectivity index (χ1v) is 7.96. The Hall–Kier alpha value is -3.19. The van der Waals surface area contributed by atoms with E-state index in [1.54, 1.807) is 24.3 Å². The lowest BCUT2D eigenvalue weighted by Crippen LogP contribution is -2.30. The van der Waals surface area contributed by atoms with Crippen LogP contribution in [0.5, 0.6) is 0 Å². The molecule has 0 spiro atoms. The number of imide groups is 1. The summed E-state index contributed by atoms with van der Waals surface area (Å²) in [5.41, 5.74) is 5.54. The molecule has 132 valence electrons. The Morgan fingerprint density at radius 2 is 1.73 bits per heavy atom. The van der Waals surface area contributed by atoms with Crippen LogP contribution in [-0.4, -0.2) is 29.8 Å². The van der Waals surface area contributed by atoms with Crippen molar-refractivity contribution in [3.63, 3.8) is 0 Å². The van der Waals surface area contributed by atoms with Crippen molar-refractivity contribution in [2.45, 2.75) is 13.0 Å². The number of carbonyl (C=O) groups excluding carboxylic acids is 4. The minimum atomic E-state index is -1.12. The van der Waals surface area contributed by atoms with Crippen molar-refractivity contribution in [3.05, 3.63) is 64.2 Å². The van der Waals surface area contributed by atoms with Crippen LogP contribution in [0.1, 0.15) is 38.0 Å². The number of esters is 1. The largest absolute Gasteiger partial charge is 0.449 e. The number of para-hydroxylation sites is 1. The smallest absolute Gasteiger partial charge is 0.338 e. The number of rotatable bonds is 4. The van der Waals surface area contributed by atoms with Gasteiger partial charge in [-0.25, -0.2) is 9.69 Å². The van der Waals surface area contributed by atoms with Gasteiger partial charge in [0, 0.05) is 0 Å². The Labute approximate surface area is 153 Å². The molecular weight excluding hydrogens is 360 g/mol. The highest BCUT2D eigenvalue weighted by molar-refractivity contribution is 6.39. The van der Waals surface area contributed by atoms with Gasteiger partial charge in [0.25, 0.3) is 17.7 Å². The van der Waals surface area contributed by atoms with E-state index in [1.807, 2.05) is 0 Å². The molecule has 0 saturated heterocycles. The van der Waals surface area contributed by atoms with Gasteiger partial charge in [-0.3, -0.25) is 14.4 Å². The van der Waals surface area contributed by atoms with Crippen LogP contribution in [0.25, 0.3) is 0 Å². The van der Waals surface area contributed by atoms with E-state index >= 15 is 0 Å². The van der Waals surface area contributed by atoms with Crippen molar-refractivity contribution in [2.75, 3.05) is 4.90 Å². The van der Waals surface area contributed by atoms with E-state index in [9.17, 15) is 19.2 Å². The average molecular weight is 373 g/mol. The molecule has 0 saturated carbocycles. The number of halogens is 1. The molecule has 2 aromatic rings. The molecule has 2 aromatic carbocycles. The average Bonchev–Trinajstić information content (AvgIpc) is 2.86. The van der Waals surface area contributed by atoms with Crippen LogP contribution in [-0.2, 0) is 9.53 Å². The molecule has 0 fully saturated rings. The van der Waals surface area contributed by atoms with E-state index < -0.39 is 29.8 Å². The van der Waals surface area contributed by atoms with Crippen LogP contribution in [0, 0.1) is 0 Å². The summed E-state index contributed by atoms with van der Waals surface area (Å²) in [6.07, 6.45) is -1.12. The van der Waals surface area contributed by atoms with E-state index in [0.29, 0.717) is 0 Å². The van der Waals surface area contributed by atoms with E-state index in [0.717, 1.165) is 4.90 Å². The molecule has 0 unspecified atom stereocenters. The van der Waals surface area contributed by atoms with Gasteiger partial charge in [0.15, 0.2) is 6.10 Å². The lowest BCUT2D eigenvalue weighted by atomic mass is 10.1. The lowest BCUT2D eigenvalue weighted by Gasteiger charge is -2.15. The zero-order valence-electron chi connectivity index (χ0n) is 13.6. The molecular formula is C18H13ClN2O5. The number of carbonyl (C=O) groups is 4. The maximum absolute atomic E-state index is 12.7. The normalized spacial score (nSPS) is 14.2. The Morgan fingerprint density at radius 1 is 1.08 bits per heavy atom. The van der Waals surface area contributed by atoms with Crippen molar-refractivity contribution in [1.82, 2.24) is 0 Å². The third kappa shape index (κ3) is 2.93. The van der Waals surface area contributed by atoms with E-state index in [4.69, 9.17) is 22.1 Å². The molecule has 7 nitrogen and oxygen atoms in total. The topological polar surface area (TPSA) is 107 Å². The van der Waals surface area contributed by atoms with Gasteiger partial charge in [0.1, 0.15) is 0 Å². The zero-order chi connectivity index (χ0) is 19.0. The van der Waals surface area contributed by atoms with Crippen LogP contribution in [0.2, 0.25) is 5.02 Å². The minimum absolute atomic E-state index is 0.0269. The van der Waals surface area contributed by atoms with E-state index in [-0.39, 0.29) is 27.4 Å². The van der Waals surface area contributed by atoms with Crippen molar-refractivity contribution < 1.29 is 23.9 Å². The molecule has 2 N–H and O–H groups in total. The van der Waals surface area contributed by atoms with E-state index in [2.05, 4.69) is 0 Å². The maximum atomic E-state index is 12.7. The van der Waals surface area contributed by atoms with Gasteiger partial charge < -0.3 is 10.5 Å². The van der Waals surface area contributed by atoms with Crippen LogP contribution in [0.15, 0.2) is 42.5 Å². The third-order valence-corrected chi connectivity index (χ3v) is 4.22. The number of nitrogens with zero attached hydrogens (tertiary/aromatic N) is 1. The molecule has 3 amide bonds. The summed E-state index contributed by atoms with van der Waals surface area (Å²) in [5, 5.41) is 0.247. The summed E-state index contributed by atoms with van der Waals surface area (Å²) in [5.74, 6) is -2.76. The highest BCUT2D eigenvalue weighted by atomic mass is 35.5. The molecule has 1 aliphatic rings. The first-order chi connectivity index (χ1) is 12.3. The highest BCUT2D eigenvalue weighted by Gasteiger charge is 2.38. The molecule has 0 radical (unpaired) electrons. The van der Waals surface area contributed by atoms with Crippen molar-refractivity contribution in [2.24, 2.45) is 5.73 Å². The summed E-state index contributed by atoms with van der Waals surface area (Å²) < 4.78 is 4.91. The summed E-state index contributed by atoms with van der Waals surface area (Å²) in [7, 11) is 0. The van der Waals surface area contributed by atoms with Crippen molar-refractivity contribution in [3.8, 4) is 0 Å². The quantitative estimate of drug-likeness (QED) is 0.653. The fourth-order valence-corrected chi connectivity index (χ4v) is 2.73. The number of nitrogens with two attached hydrogens (primary N) is 1. The molecule has 1 heterocycles. The summed E-state index contributed by atoms with van der Waals surface area (Å²) in [6, 6.07) is 10.4. The first-order valence-electron chi connectivity index (χ1n) is 7.59. The van der Waals surface area contributed by atoms with Crippen molar-refractivity contribution in [1.29, 1.82) is 0 Å². The summed E-state index contributed by atoms with van der Waals surface area (Å²) in [4.78, 5) is 49.3. The highest BCUT2D eigenvalue weighted by Crippen LogP contribution is 2.33. The number of hydrogen-bond donors (Lipinski definition) is 1. The fraction of sp³-hybridized carbons (Fsp3) is 0.111. The standard InChI is InChI=1S/C18H13ClN2O5/c1-9(15(20)22)26-18(25)10-6-7-11-12(8-10)17(24)21(16(11)23)14-5-3-2-4-13(14)19/h2-9H,1H3,(H2,20,22)/t9-/m1/s1. The number of hydrogen-bond acceptors (Lipinski definition) is 5. The Bertz CT molecular complexity index is 956. The molecule has 0 aliphatic carbocycles. The zero-order valence-corrected chi connectivity index (χ0v) is 14.3. The second-order valence-electron chi connectivity index (χ2n) is 5.61. The summed E-state index contributed by atoms with van der Waals surface area (Å²) >= 11 is 6.08. The van der Waals surface area contributed by atoms with Gasteiger partial charge in [0.2, 0.25) is 0 Å². The van der Waals surface area contributed by atoms with Gasteiger partial charge in [-0.2, -0.15) is 0 Å². The maximum Gasteiger partial charge on any atom is 0.338 e. The number of primary amides is 1. The first kappa shape index (κ1) is 17.6. The molecule has 1 aliphatic heterocycles. The SMILES string of the molecule is C[C@@H](OC(=O)c1ccc2c(c1)C(=O)N(c1ccccc1Cl)C2=O)C(N)=O. The second-order valence-corrected chi connectivity index (χ2v) is 6.01. The number of ether oxygens (including phenoxy) is 1. The molecule has 3 rings (SSSR count). The molecule has 8 heteroatoms. The Balaban J connectivity index is 1.95. The van der Waals surface area contributed by atoms with Gasteiger partial charge in [-0.15, -0.1) is 0 Å². The Kier molecular flexibility index (Phi) is 4.48. The van der Waals surface area contributed by atoms with Gasteiger partial charge in [0.05, 0.1) is 27.4 Å². The molecule has 0 bridgehead atoms. The number of benzene rings is 2. The van der Waals surface area contributed by atoms with Gasteiger partial charge in [-0.05, 0) is 37.3 Å². The summed E-state index contributed by atoms with van der Waals surface area (Å²) in [6.45, 7) is 1.33. The van der Waals surface area contributed by atoms with Crippen LogP contribution < -0.4 is 10.6 Å². The fourth-order valence-electron chi connectivity index (χ4n) is 2.51. The van der Waals surface area contributed by atoms with E-state index in [1.165, 1.54) is 25.1 Å². The van der Waals surface area contributed by atoms with Crippen LogP contribution in [0.4, 0.5) is 5.69 Å². The van der Waals surface area contributed by atoms with Gasteiger partial charge in [-0.1, -0.05) is 23.7 Å². The van der Waals surface area contributed by atoms with Crippen LogP contribution in [0.3, 0.4) is 0 Å². The third-order valence-electron chi connectivity index (χ3n) is 3.90. The minimum Gasteiger partial charge on any atom is -0.449 e. The number of anilines is 1. The predicted molar refractivity (Wildman–Crippen MR) is 93.1 cm³/mol. The molecule has 26 heavy (non-hydrogen) atoms. The Morgan fingerprint density at radius 3 is 2.38 bits per heavy atom. The van der Waals surface area contributed by atoms with Crippen LogP contribution >= 0.6 is 11.6 Å². The second kappa shape index (κ2) is 6.61. The number of fused-ring (bicyclic) bond motifs is 1. The van der Waals surface area contributed by atoms with Gasteiger partial charge >= 0.3 is 5.97 Å². The lowest BCUT2D eigenvalue weighted by molar-refractivity contribution is -0.125. The molecule has 1 atom stereocenters. The predicted octanol–water partition coefficient (Wildman–Crippen LogP) is 2.17. The molecule has 0 aromatic heterocycles. The number of amides is 3. The monoisotopic (exact) mass is 372 g/mol. The van der Waals surface area contributed by atoms with Crippen molar-refractivity contribution >= 4 is 41.0 Å².